The molecular weight excluding hydrogens is 247 g/mol. The summed E-state index contributed by atoms with van der Waals surface area (Å²) in [6.45, 7) is -2.50. The van der Waals surface area contributed by atoms with Crippen LogP contribution in [0.4, 0.5) is 0 Å². The smallest absolute Gasteiger partial charge is 0.312 e. The molecule has 2 unspecified atom stereocenters. The van der Waals surface area contributed by atoms with Gasteiger partial charge in [0.15, 0.2) is 0 Å². The fourth-order valence-electron chi connectivity index (χ4n) is 1.53. The van der Waals surface area contributed by atoms with Gasteiger partial charge >= 0.3 is 6.80 Å². The topological polar surface area (TPSA) is 82.5 Å². The second-order valence-electron chi connectivity index (χ2n) is 3.19. The van der Waals surface area contributed by atoms with Crippen LogP contribution in [0.5, 0.6) is 0 Å². The van der Waals surface area contributed by atoms with Gasteiger partial charge in [-0.1, -0.05) is 0 Å². The molecular formula is C6H12ClN2O5P. The van der Waals surface area contributed by atoms with Gasteiger partial charge in [0.1, 0.15) is 0 Å². The van der Waals surface area contributed by atoms with Gasteiger partial charge in [0, 0.05) is 13.1 Å². The number of aliphatic hydroxyl groups excluding tert-OH is 2. The Hall–Kier alpha value is 0.280. The highest BCUT2D eigenvalue weighted by atomic mass is 35.7. The van der Waals surface area contributed by atoms with E-state index in [1.165, 1.54) is 0 Å². The summed E-state index contributed by atoms with van der Waals surface area (Å²) in [4.78, 5) is 0. The van der Waals surface area contributed by atoms with E-state index in [2.05, 4.69) is 0 Å². The molecule has 0 amide bonds. The highest BCUT2D eigenvalue weighted by Crippen LogP contribution is 2.61. The van der Waals surface area contributed by atoms with E-state index in [0.29, 0.717) is 0 Å². The molecule has 2 aliphatic heterocycles. The van der Waals surface area contributed by atoms with E-state index in [0.717, 1.165) is 9.34 Å². The molecule has 7 nitrogen and oxygen atoms in total. The zero-order valence-electron chi connectivity index (χ0n) is 7.82. The lowest BCUT2D eigenvalue weighted by Crippen LogP contribution is -2.36. The van der Waals surface area contributed by atoms with Crippen LogP contribution >= 0.6 is 18.0 Å². The van der Waals surface area contributed by atoms with Gasteiger partial charge in [0.25, 0.3) is 0 Å². The molecule has 0 saturated carbocycles. The van der Waals surface area contributed by atoms with Crippen molar-refractivity contribution < 1.29 is 24.3 Å². The second kappa shape index (κ2) is 4.27. The Bertz CT molecular complexity index is 269. The largest absolute Gasteiger partial charge is 0.355 e. The number of ether oxygens (including phenoxy) is 2. The predicted molar refractivity (Wildman–Crippen MR) is 50.8 cm³/mol. The molecule has 0 bridgehead atoms. The van der Waals surface area contributed by atoms with Crippen molar-refractivity contribution in [1.82, 2.24) is 9.34 Å². The van der Waals surface area contributed by atoms with Crippen molar-refractivity contribution >= 4 is 18.0 Å². The molecule has 0 spiro atoms. The lowest BCUT2D eigenvalue weighted by molar-refractivity contribution is -0.121. The molecule has 2 aliphatic rings. The molecule has 88 valence electrons. The zero-order valence-corrected chi connectivity index (χ0v) is 9.47. The van der Waals surface area contributed by atoms with Crippen LogP contribution in [0.1, 0.15) is 0 Å². The number of nitrogens with zero attached hydrogens (tertiary/aromatic N) is 2. The third kappa shape index (κ3) is 2.07. The summed E-state index contributed by atoms with van der Waals surface area (Å²) in [5, 5.41) is 18.7. The average molecular weight is 259 g/mol. The van der Waals surface area contributed by atoms with E-state index in [1.54, 1.807) is 0 Å². The highest BCUT2D eigenvalue weighted by Gasteiger charge is 2.46. The lowest BCUT2D eigenvalue weighted by atomic mass is 10.7. The van der Waals surface area contributed by atoms with E-state index in [1.807, 2.05) is 0 Å². The van der Waals surface area contributed by atoms with Gasteiger partial charge in [-0.25, -0.2) is 0 Å². The Morgan fingerprint density at radius 2 is 1.53 bits per heavy atom. The van der Waals surface area contributed by atoms with Crippen LogP contribution in [0.2, 0.25) is 0 Å². The van der Waals surface area contributed by atoms with Crippen LogP contribution < -0.4 is 0 Å². The van der Waals surface area contributed by atoms with Gasteiger partial charge in [-0.3, -0.25) is 4.57 Å². The van der Waals surface area contributed by atoms with Crippen LogP contribution in [0, 0.1) is 0 Å². The van der Waals surface area contributed by atoms with Crippen LogP contribution in [0.15, 0.2) is 0 Å². The van der Waals surface area contributed by atoms with Crippen LogP contribution in [0.3, 0.4) is 0 Å². The lowest BCUT2D eigenvalue weighted by Gasteiger charge is -2.30. The van der Waals surface area contributed by atoms with Gasteiger partial charge in [0.05, 0.1) is 13.2 Å². The summed E-state index contributed by atoms with van der Waals surface area (Å²) in [5.41, 5.74) is 0. The third-order valence-corrected chi connectivity index (χ3v) is 5.55. The third-order valence-electron chi connectivity index (χ3n) is 2.32. The summed E-state index contributed by atoms with van der Waals surface area (Å²) in [5.74, 6) is 0. The Labute approximate surface area is 91.4 Å². The van der Waals surface area contributed by atoms with Gasteiger partial charge in [-0.2, -0.15) is 9.34 Å². The van der Waals surface area contributed by atoms with Crippen molar-refractivity contribution in [2.75, 3.05) is 26.3 Å². The predicted octanol–water partition coefficient (Wildman–Crippen LogP) is -0.451. The minimum absolute atomic E-state index is 0.253. The maximum absolute atomic E-state index is 12.2. The molecule has 0 aliphatic carbocycles. The van der Waals surface area contributed by atoms with Crippen LogP contribution in [0.25, 0.3) is 0 Å². The molecule has 9 heteroatoms. The van der Waals surface area contributed by atoms with Gasteiger partial charge in [0.2, 0.25) is 12.8 Å². The molecule has 2 atom stereocenters. The van der Waals surface area contributed by atoms with Crippen molar-refractivity contribution in [3.8, 4) is 0 Å². The van der Waals surface area contributed by atoms with Gasteiger partial charge in [-0.15, -0.1) is 0 Å². The van der Waals surface area contributed by atoms with E-state index >= 15 is 0 Å². The minimum Gasteiger partial charge on any atom is -0.355 e. The first-order valence-electron chi connectivity index (χ1n) is 4.47. The molecule has 15 heavy (non-hydrogen) atoms. The molecule has 0 aromatic carbocycles. The number of hydrogen-bond acceptors (Lipinski definition) is 5. The molecule has 2 N–H and O–H groups in total. The molecule has 0 aromatic heterocycles. The first-order valence-corrected chi connectivity index (χ1v) is 6.98. The highest BCUT2D eigenvalue weighted by molar-refractivity contribution is 7.85. The van der Waals surface area contributed by atoms with Crippen molar-refractivity contribution in [2.45, 2.75) is 12.8 Å². The summed E-state index contributed by atoms with van der Waals surface area (Å²) < 4.78 is 24.1. The molecule has 0 aromatic rings. The minimum atomic E-state index is -3.51. The fourth-order valence-corrected chi connectivity index (χ4v) is 4.01. The molecule has 2 saturated heterocycles. The van der Waals surface area contributed by atoms with Crippen molar-refractivity contribution in [3.63, 3.8) is 0 Å². The SMILES string of the molecule is O=P(Cl)(N1CCOC1O)N1CCOC1O. The average Bonchev–Trinajstić information content (AvgIpc) is 2.73. The van der Waals surface area contributed by atoms with E-state index in [-0.39, 0.29) is 26.3 Å². The van der Waals surface area contributed by atoms with Crippen molar-refractivity contribution in [3.05, 3.63) is 0 Å². The molecule has 2 fully saturated rings. The Morgan fingerprint density at radius 3 is 1.80 bits per heavy atom. The summed E-state index contributed by atoms with van der Waals surface area (Å²) >= 11 is 5.87. The summed E-state index contributed by atoms with van der Waals surface area (Å²) in [6.07, 6.45) is -2.58. The van der Waals surface area contributed by atoms with Crippen LogP contribution in [-0.4, -0.2) is 58.7 Å². The number of halogens is 1. The van der Waals surface area contributed by atoms with E-state index in [4.69, 9.17) is 20.7 Å². The van der Waals surface area contributed by atoms with Gasteiger partial charge in [-0.05, 0) is 11.2 Å². The fraction of sp³-hybridized carbons (Fsp3) is 1.00. The maximum Gasteiger partial charge on any atom is 0.312 e. The number of rotatable bonds is 2. The summed E-state index contributed by atoms with van der Waals surface area (Å²) in [7, 11) is 0. The quantitative estimate of drug-likeness (QED) is 0.649. The molecule has 0 radical (unpaired) electrons. The first-order chi connectivity index (χ1) is 7.03. The number of hydrogen-bond donors (Lipinski definition) is 2. The van der Waals surface area contributed by atoms with E-state index < -0.39 is 19.6 Å². The van der Waals surface area contributed by atoms with Crippen molar-refractivity contribution in [1.29, 1.82) is 0 Å². The Morgan fingerprint density at radius 1 is 1.13 bits per heavy atom. The molecule has 2 heterocycles. The normalized spacial score (nSPS) is 38.3. The van der Waals surface area contributed by atoms with Gasteiger partial charge < -0.3 is 19.7 Å². The molecule has 2 rings (SSSR count). The standard InChI is InChI=1S/C6H12ClN2O5P/c7-15(12,8-1-3-13-5(8)10)9-2-4-14-6(9)11/h5-6,10-11H,1-4H2. The summed E-state index contributed by atoms with van der Waals surface area (Å²) in [6, 6.07) is 0. The van der Waals surface area contributed by atoms with Crippen LogP contribution in [-0.2, 0) is 14.0 Å². The second-order valence-corrected chi connectivity index (χ2v) is 6.49. The first kappa shape index (κ1) is 11.8. The van der Waals surface area contributed by atoms with Crippen molar-refractivity contribution in [2.24, 2.45) is 0 Å². The van der Waals surface area contributed by atoms with E-state index in [9.17, 15) is 14.8 Å². The Balaban J connectivity index is 2.14. The Kier molecular flexibility index (Phi) is 3.35. The maximum atomic E-state index is 12.2. The zero-order chi connectivity index (χ0) is 11.1. The number of aliphatic hydroxyl groups is 2. The monoisotopic (exact) mass is 258 g/mol.